The molecule has 1 aromatic heterocycles. The molecule has 226 valence electrons. The second-order valence-electron chi connectivity index (χ2n) is 9.75. The summed E-state index contributed by atoms with van der Waals surface area (Å²) >= 11 is 2.73. The standard InChI is InChI=1S/C35H30N4O4S2/c1-23(32(40)39-35-38-30(22-44-35)28-15-9-10-16-31(28)43-2)45-27-19-17-26(18-20-27)36-34(42)29(21-24-11-5-3-6-12-24)37-33(41)25-13-7-4-8-14-25/h3-23H,1-2H3,(H,36,42)(H,37,41)(H,38,39,40)/b29-21-. The van der Waals surface area contributed by atoms with Crippen molar-refractivity contribution in [2.24, 2.45) is 0 Å². The summed E-state index contributed by atoms with van der Waals surface area (Å²) in [5.41, 5.74) is 3.44. The third-order valence-electron chi connectivity index (χ3n) is 6.55. The third-order valence-corrected chi connectivity index (χ3v) is 8.42. The lowest BCUT2D eigenvalue weighted by molar-refractivity contribution is -0.115. The first kappa shape index (κ1) is 31.2. The number of thioether (sulfide) groups is 1. The molecule has 45 heavy (non-hydrogen) atoms. The summed E-state index contributed by atoms with van der Waals surface area (Å²) in [7, 11) is 1.61. The van der Waals surface area contributed by atoms with Gasteiger partial charge in [-0.2, -0.15) is 0 Å². The first-order valence-corrected chi connectivity index (χ1v) is 15.8. The van der Waals surface area contributed by atoms with Crippen molar-refractivity contribution in [1.82, 2.24) is 10.3 Å². The van der Waals surface area contributed by atoms with Gasteiger partial charge in [-0.25, -0.2) is 4.98 Å². The molecular weight excluding hydrogens is 605 g/mol. The molecule has 0 fully saturated rings. The summed E-state index contributed by atoms with van der Waals surface area (Å²) in [5.74, 6) is -0.319. The number of nitrogens with one attached hydrogen (secondary N) is 3. The Morgan fingerprint density at radius 2 is 1.51 bits per heavy atom. The number of hydrogen-bond donors (Lipinski definition) is 3. The number of amides is 3. The average Bonchev–Trinajstić information content (AvgIpc) is 3.54. The molecule has 0 aliphatic carbocycles. The van der Waals surface area contributed by atoms with E-state index in [0.717, 1.165) is 21.7 Å². The van der Waals surface area contributed by atoms with Crippen molar-refractivity contribution in [2.75, 3.05) is 17.7 Å². The largest absolute Gasteiger partial charge is 0.496 e. The molecule has 4 aromatic carbocycles. The van der Waals surface area contributed by atoms with E-state index in [2.05, 4.69) is 20.9 Å². The van der Waals surface area contributed by atoms with Crippen LogP contribution < -0.4 is 20.7 Å². The van der Waals surface area contributed by atoms with Crippen LogP contribution in [0.3, 0.4) is 0 Å². The molecule has 10 heteroatoms. The van der Waals surface area contributed by atoms with Gasteiger partial charge in [-0.1, -0.05) is 60.7 Å². The molecule has 3 N–H and O–H groups in total. The molecule has 1 atom stereocenters. The number of aromatic nitrogens is 1. The Morgan fingerprint density at radius 3 is 2.22 bits per heavy atom. The van der Waals surface area contributed by atoms with Crippen molar-refractivity contribution in [2.45, 2.75) is 17.1 Å². The van der Waals surface area contributed by atoms with E-state index in [4.69, 9.17) is 4.74 Å². The Labute approximate surface area is 269 Å². The van der Waals surface area contributed by atoms with E-state index in [1.165, 1.54) is 23.1 Å². The van der Waals surface area contributed by atoms with Crippen LogP contribution in [0.25, 0.3) is 17.3 Å². The maximum Gasteiger partial charge on any atom is 0.272 e. The number of para-hydroxylation sites is 1. The van der Waals surface area contributed by atoms with Gasteiger partial charge in [-0.15, -0.1) is 23.1 Å². The van der Waals surface area contributed by atoms with Crippen LogP contribution in [0, 0.1) is 0 Å². The second kappa shape index (κ2) is 15.0. The fraction of sp³-hybridized carbons (Fsp3) is 0.0857. The molecule has 3 amide bonds. The summed E-state index contributed by atoms with van der Waals surface area (Å²) in [6.07, 6.45) is 1.63. The zero-order valence-electron chi connectivity index (χ0n) is 24.5. The van der Waals surface area contributed by atoms with Crippen LogP contribution in [-0.4, -0.2) is 35.1 Å². The van der Waals surface area contributed by atoms with Crippen LogP contribution in [0.5, 0.6) is 5.75 Å². The molecule has 0 spiro atoms. The monoisotopic (exact) mass is 634 g/mol. The predicted molar refractivity (Wildman–Crippen MR) is 181 cm³/mol. The van der Waals surface area contributed by atoms with Crippen LogP contribution in [0.4, 0.5) is 10.8 Å². The summed E-state index contributed by atoms with van der Waals surface area (Å²) in [6.45, 7) is 1.82. The third kappa shape index (κ3) is 8.47. The van der Waals surface area contributed by atoms with Gasteiger partial charge in [0.05, 0.1) is 18.1 Å². The molecular formula is C35H30N4O4S2. The number of methoxy groups -OCH3 is 1. The first-order chi connectivity index (χ1) is 21.9. The molecule has 1 heterocycles. The van der Waals surface area contributed by atoms with Gasteiger partial charge < -0.3 is 20.7 Å². The lowest BCUT2D eigenvalue weighted by atomic mass is 10.1. The van der Waals surface area contributed by atoms with E-state index < -0.39 is 11.2 Å². The molecule has 0 saturated carbocycles. The fourth-order valence-electron chi connectivity index (χ4n) is 4.25. The predicted octanol–water partition coefficient (Wildman–Crippen LogP) is 7.35. The van der Waals surface area contributed by atoms with Gasteiger partial charge in [0.2, 0.25) is 5.91 Å². The van der Waals surface area contributed by atoms with Gasteiger partial charge in [0.15, 0.2) is 5.13 Å². The smallest absolute Gasteiger partial charge is 0.272 e. The highest BCUT2D eigenvalue weighted by atomic mass is 32.2. The summed E-state index contributed by atoms with van der Waals surface area (Å²) in [6, 6.07) is 32.7. The minimum absolute atomic E-state index is 0.106. The molecule has 0 radical (unpaired) electrons. The van der Waals surface area contributed by atoms with Gasteiger partial charge >= 0.3 is 0 Å². The quantitative estimate of drug-likeness (QED) is 0.104. The van der Waals surface area contributed by atoms with Crippen LogP contribution in [0.15, 0.2) is 125 Å². The van der Waals surface area contributed by atoms with E-state index in [9.17, 15) is 14.4 Å². The van der Waals surface area contributed by atoms with Crippen molar-refractivity contribution in [1.29, 1.82) is 0 Å². The molecule has 8 nitrogen and oxygen atoms in total. The number of thiazole rings is 1. The SMILES string of the molecule is COc1ccccc1-c1csc(NC(=O)C(C)Sc2ccc(NC(=O)/C(=C/c3ccccc3)NC(=O)c3ccccc3)cc2)n1. The van der Waals surface area contributed by atoms with Gasteiger partial charge in [0.1, 0.15) is 11.4 Å². The van der Waals surface area contributed by atoms with Gasteiger partial charge in [-0.3, -0.25) is 14.4 Å². The maximum absolute atomic E-state index is 13.3. The van der Waals surface area contributed by atoms with Gasteiger partial charge in [-0.05, 0) is 67.1 Å². The molecule has 5 rings (SSSR count). The minimum atomic E-state index is -0.466. The average molecular weight is 635 g/mol. The highest BCUT2D eigenvalue weighted by Gasteiger charge is 2.18. The Hall–Kier alpha value is -5.19. The Bertz CT molecular complexity index is 1810. The maximum atomic E-state index is 13.3. The Kier molecular flexibility index (Phi) is 10.4. The van der Waals surface area contributed by atoms with Crippen LogP contribution in [0.1, 0.15) is 22.8 Å². The zero-order valence-corrected chi connectivity index (χ0v) is 26.2. The lowest BCUT2D eigenvalue weighted by Crippen LogP contribution is -2.30. The van der Waals surface area contributed by atoms with E-state index >= 15 is 0 Å². The highest BCUT2D eigenvalue weighted by Crippen LogP contribution is 2.32. The Balaban J connectivity index is 1.20. The molecule has 0 bridgehead atoms. The molecule has 0 aliphatic rings. The van der Waals surface area contributed by atoms with Gasteiger partial charge in [0.25, 0.3) is 11.8 Å². The van der Waals surface area contributed by atoms with E-state index in [1.54, 1.807) is 49.6 Å². The number of rotatable bonds is 11. The number of benzene rings is 4. The highest BCUT2D eigenvalue weighted by molar-refractivity contribution is 8.00. The van der Waals surface area contributed by atoms with Crippen molar-refractivity contribution < 1.29 is 19.1 Å². The van der Waals surface area contributed by atoms with Crippen molar-refractivity contribution >= 4 is 57.7 Å². The fourth-order valence-corrected chi connectivity index (χ4v) is 5.83. The number of hydrogen-bond acceptors (Lipinski definition) is 7. The molecule has 0 aliphatic heterocycles. The van der Waals surface area contributed by atoms with Crippen molar-refractivity contribution in [3.05, 3.63) is 131 Å². The van der Waals surface area contributed by atoms with Crippen LogP contribution in [0.2, 0.25) is 0 Å². The summed E-state index contributed by atoms with van der Waals surface area (Å²) in [5, 5.41) is 10.5. The Morgan fingerprint density at radius 1 is 0.844 bits per heavy atom. The van der Waals surface area contributed by atoms with E-state index in [-0.39, 0.29) is 17.5 Å². The normalized spacial score (nSPS) is 11.7. The first-order valence-electron chi connectivity index (χ1n) is 14.0. The van der Waals surface area contributed by atoms with Crippen molar-refractivity contribution in [3.8, 4) is 17.0 Å². The van der Waals surface area contributed by atoms with Crippen LogP contribution >= 0.6 is 23.1 Å². The molecule has 1 unspecified atom stereocenters. The minimum Gasteiger partial charge on any atom is -0.496 e. The lowest BCUT2D eigenvalue weighted by Gasteiger charge is -2.13. The number of nitrogens with zero attached hydrogens (tertiary/aromatic N) is 1. The van der Waals surface area contributed by atoms with E-state index in [1.807, 2.05) is 85.1 Å². The van der Waals surface area contributed by atoms with E-state index in [0.29, 0.717) is 22.1 Å². The number of ether oxygens (including phenoxy) is 1. The zero-order chi connectivity index (χ0) is 31.6. The van der Waals surface area contributed by atoms with Crippen molar-refractivity contribution in [3.63, 3.8) is 0 Å². The number of anilines is 2. The van der Waals surface area contributed by atoms with Gasteiger partial charge in [0, 0.05) is 27.1 Å². The molecule has 0 saturated heterocycles. The number of carbonyl (C=O) groups is 3. The second-order valence-corrected chi connectivity index (χ2v) is 12.0. The number of carbonyl (C=O) groups excluding carboxylic acids is 3. The molecule has 5 aromatic rings. The topological polar surface area (TPSA) is 109 Å². The summed E-state index contributed by atoms with van der Waals surface area (Å²) < 4.78 is 5.42. The van der Waals surface area contributed by atoms with Crippen LogP contribution in [-0.2, 0) is 9.59 Å². The summed E-state index contributed by atoms with van der Waals surface area (Å²) in [4.78, 5) is 44.4.